The molecule has 120 valence electrons. The molecule has 0 saturated heterocycles. The lowest BCUT2D eigenvalue weighted by molar-refractivity contribution is -0.122. The van der Waals surface area contributed by atoms with Gasteiger partial charge in [0.25, 0.3) is 6.47 Å². The normalized spacial score (nSPS) is 11.1. The third kappa shape index (κ3) is 4.65. The highest BCUT2D eigenvalue weighted by atomic mass is 19.1. The highest BCUT2D eigenvalue weighted by molar-refractivity contribution is 5.42. The molecule has 1 unspecified atom stereocenters. The zero-order valence-electron chi connectivity index (χ0n) is 12.7. The van der Waals surface area contributed by atoms with E-state index >= 15 is 0 Å². The molecule has 0 radical (unpaired) electrons. The summed E-state index contributed by atoms with van der Waals surface area (Å²) in [6.07, 6.45) is 1.14. The van der Waals surface area contributed by atoms with Gasteiger partial charge in [0.2, 0.25) is 5.95 Å². The van der Waals surface area contributed by atoms with Crippen LogP contribution in [0.15, 0.2) is 6.20 Å². The number of H-pyrrole nitrogens is 1. The molecule has 0 aliphatic carbocycles. The van der Waals surface area contributed by atoms with E-state index in [1.165, 1.54) is 0 Å². The molecule has 2 aromatic rings. The molecule has 2 aromatic heterocycles. The fourth-order valence-corrected chi connectivity index (χ4v) is 1.55. The number of hydrogen-bond donors (Lipinski definition) is 3. The Kier molecular flexibility index (Phi) is 6.17. The van der Waals surface area contributed by atoms with Gasteiger partial charge < -0.3 is 15.3 Å². The number of rotatable bonds is 4. The SMILES string of the molecule is Cc1nc(C(C)Nc2ncc(F)c(N(C)C)n2)n[nH]1.O=CO. The summed E-state index contributed by atoms with van der Waals surface area (Å²) in [5, 5.41) is 16.7. The molecule has 0 aliphatic heterocycles. The van der Waals surface area contributed by atoms with E-state index in [2.05, 4.69) is 30.5 Å². The third-order valence-electron chi connectivity index (χ3n) is 2.50. The van der Waals surface area contributed by atoms with E-state index in [1.54, 1.807) is 19.0 Å². The maximum absolute atomic E-state index is 13.5. The summed E-state index contributed by atoms with van der Waals surface area (Å²) in [5.41, 5.74) is 0. The highest BCUT2D eigenvalue weighted by Gasteiger charge is 2.14. The standard InChI is InChI=1S/C11H16FN7.CH2O2/c1-6(9-15-7(2)17-18-9)14-11-13-5-8(12)10(16-11)19(3)4;2-1-3/h5-6H,1-4H3,(H,13,14,16)(H,15,17,18);1H,(H,2,3). The highest BCUT2D eigenvalue weighted by Crippen LogP contribution is 2.17. The van der Waals surface area contributed by atoms with Gasteiger partial charge in [-0.3, -0.25) is 9.89 Å². The van der Waals surface area contributed by atoms with Gasteiger partial charge in [-0.25, -0.2) is 14.4 Å². The van der Waals surface area contributed by atoms with Crippen LogP contribution in [-0.2, 0) is 4.79 Å². The minimum Gasteiger partial charge on any atom is -0.483 e. The predicted molar refractivity (Wildman–Crippen MR) is 78.2 cm³/mol. The monoisotopic (exact) mass is 311 g/mol. The van der Waals surface area contributed by atoms with Crippen molar-refractivity contribution in [3.8, 4) is 0 Å². The summed E-state index contributed by atoms with van der Waals surface area (Å²) in [5.74, 6) is 1.45. The third-order valence-corrected chi connectivity index (χ3v) is 2.50. The predicted octanol–water partition coefficient (Wildman–Crippen LogP) is 0.982. The number of carboxylic acid groups (broad SMARTS) is 1. The van der Waals surface area contributed by atoms with Gasteiger partial charge in [0.15, 0.2) is 17.5 Å². The van der Waals surface area contributed by atoms with Gasteiger partial charge in [-0.1, -0.05) is 0 Å². The average molecular weight is 311 g/mol. The molecule has 0 spiro atoms. The number of carbonyl (C=O) groups is 1. The van der Waals surface area contributed by atoms with E-state index in [0.29, 0.717) is 11.8 Å². The zero-order chi connectivity index (χ0) is 16.7. The molecule has 9 nitrogen and oxygen atoms in total. The van der Waals surface area contributed by atoms with Crippen molar-refractivity contribution in [3.05, 3.63) is 23.7 Å². The molecule has 10 heteroatoms. The lowest BCUT2D eigenvalue weighted by atomic mass is 10.3. The Morgan fingerprint density at radius 1 is 1.45 bits per heavy atom. The van der Waals surface area contributed by atoms with Gasteiger partial charge in [-0.05, 0) is 13.8 Å². The Labute approximate surface area is 126 Å². The number of anilines is 2. The van der Waals surface area contributed by atoms with Crippen molar-refractivity contribution in [2.75, 3.05) is 24.3 Å². The summed E-state index contributed by atoms with van der Waals surface area (Å²) in [6.45, 7) is 3.45. The fraction of sp³-hybridized carbons (Fsp3) is 0.417. The van der Waals surface area contributed by atoms with Crippen molar-refractivity contribution in [1.82, 2.24) is 25.1 Å². The lowest BCUT2D eigenvalue weighted by Crippen LogP contribution is -2.16. The smallest absolute Gasteiger partial charge is 0.290 e. The summed E-state index contributed by atoms with van der Waals surface area (Å²) >= 11 is 0. The first-order valence-corrected chi connectivity index (χ1v) is 6.32. The molecule has 0 amide bonds. The van der Waals surface area contributed by atoms with Crippen LogP contribution in [0.25, 0.3) is 0 Å². The molecule has 0 fully saturated rings. The lowest BCUT2D eigenvalue weighted by Gasteiger charge is -2.15. The van der Waals surface area contributed by atoms with Crippen LogP contribution in [0, 0.1) is 12.7 Å². The summed E-state index contributed by atoms with van der Waals surface area (Å²) in [7, 11) is 3.44. The molecular weight excluding hydrogens is 293 g/mol. The molecule has 22 heavy (non-hydrogen) atoms. The molecular formula is C12H18FN7O2. The number of aryl methyl sites for hydroxylation is 1. The minimum absolute atomic E-state index is 0.176. The second-order valence-electron chi connectivity index (χ2n) is 4.51. The molecule has 1 atom stereocenters. The van der Waals surface area contributed by atoms with E-state index in [1.807, 2.05) is 13.8 Å². The van der Waals surface area contributed by atoms with E-state index < -0.39 is 5.82 Å². The number of aromatic amines is 1. The van der Waals surface area contributed by atoms with E-state index in [4.69, 9.17) is 9.90 Å². The zero-order valence-corrected chi connectivity index (χ0v) is 12.7. The average Bonchev–Trinajstić information content (AvgIpc) is 2.88. The van der Waals surface area contributed by atoms with Gasteiger partial charge in [0.1, 0.15) is 5.82 Å². The molecule has 0 aromatic carbocycles. The van der Waals surface area contributed by atoms with E-state index in [0.717, 1.165) is 12.0 Å². The largest absolute Gasteiger partial charge is 0.483 e. The summed E-state index contributed by atoms with van der Waals surface area (Å²) in [6, 6.07) is -0.176. The van der Waals surface area contributed by atoms with Gasteiger partial charge in [-0.2, -0.15) is 10.1 Å². The number of nitrogens with one attached hydrogen (secondary N) is 2. The molecule has 0 aliphatic rings. The number of hydrogen-bond acceptors (Lipinski definition) is 7. The van der Waals surface area contributed by atoms with Crippen LogP contribution in [0.5, 0.6) is 0 Å². The fourth-order valence-electron chi connectivity index (χ4n) is 1.55. The second-order valence-corrected chi connectivity index (χ2v) is 4.51. The van der Waals surface area contributed by atoms with Crippen molar-refractivity contribution >= 4 is 18.2 Å². The van der Waals surface area contributed by atoms with Crippen LogP contribution >= 0.6 is 0 Å². The maximum atomic E-state index is 13.5. The Morgan fingerprint density at radius 3 is 2.59 bits per heavy atom. The molecule has 0 bridgehead atoms. The molecule has 0 saturated carbocycles. The summed E-state index contributed by atoms with van der Waals surface area (Å²) < 4.78 is 13.5. The van der Waals surface area contributed by atoms with Gasteiger partial charge >= 0.3 is 0 Å². The van der Waals surface area contributed by atoms with Crippen molar-refractivity contribution in [2.24, 2.45) is 0 Å². The van der Waals surface area contributed by atoms with Crippen LogP contribution in [0.1, 0.15) is 24.6 Å². The van der Waals surface area contributed by atoms with E-state index in [9.17, 15) is 4.39 Å². The van der Waals surface area contributed by atoms with Gasteiger partial charge in [0.05, 0.1) is 12.2 Å². The first-order chi connectivity index (χ1) is 10.4. The van der Waals surface area contributed by atoms with Crippen LogP contribution in [0.3, 0.4) is 0 Å². The van der Waals surface area contributed by atoms with Crippen molar-refractivity contribution in [2.45, 2.75) is 19.9 Å². The first-order valence-electron chi connectivity index (χ1n) is 6.32. The number of nitrogens with zero attached hydrogens (tertiary/aromatic N) is 5. The van der Waals surface area contributed by atoms with Crippen LogP contribution in [0.2, 0.25) is 0 Å². The van der Waals surface area contributed by atoms with Gasteiger partial charge in [0, 0.05) is 14.1 Å². The van der Waals surface area contributed by atoms with Crippen LogP contribution < -0.4 is 10.2 Å². The first kappa shape index (κ1) is 17.3. The van der Waals surface area contributed by atoms with Crippen LogP contribution in [0.4, 0.5) is 16.2 Å². The Balaban J connectivity index is 0.000000745. The number of halogens is 1. The van der Waals surface area contributed by atoms with E-state index in [-0.39, 0.29) is 18.3 Å². The second kappa shape index (κ2) is 7.86. The minimum atomic E-state index is -0.461. The van der Waals surface area contributed by atoms with Crippen molar-refractivity contribution in [3.63, 3.8) is 0 Å². The molecule has 2 heterocycles. The molecule has 3 N–H and O–H groups in total. The van der Waals surface area contributed by atoms with Crippen molar-refractivity contribution in [1.29, 1.82) is 0 Å². The van der Waals surface area contributed by atoms with Gasteiger partial charge in [-0.15, -0.1) is 0 Å². The van der Waals surface area contributed by atoms with Crippen LogP contribution in [-0.4, -0.2) is 50.8 Å². The Bertz CT molecular complexity index is 617. The quantitative estimate of drug-likeness (QED) is 0.715. The topological polar surface area (TPSA) is 120 Å². The molecule has 2 rings (SSSR count). The summed E-state index contributed by atoms with van der Waals surface area (Å²) in [4.78, 5) is 22.2. The Hall–Kier alpha value is -2.78. The van der Waals surface area contributed by atoms with Crippen molar-refractivity contribution < 1.29 is 14.3 Å². The maximum Gasteiger partial charge on any atom is 0.290 e. The Morgan fingerprint density at radius 2 is 2.09 bits per heavy atom. The number of aromatic nitrogens is 5.